The van der Waals surface area contributed by atoms with Gasteiger partial charge in [-0.2, -0.15) is 0 Å². The van der Waals surface area contributed by atoms with Gasteiger partial charge in [0.1, 0.15) is 0 Å². The van der Waals surface area contributed by atoms with Crippen molar-refractivity contribution in [2.24, 2.45) is 0 Å². The monoisotopic (exact) mass is 486 g/mol. The highest BCUT2D eigenvalue weighted by atomic mass is 16.5. The Morgan fingerprint density at radius 3 is 1.94 bits per heavy atom. The molecule has 1 aliphatic carbocycles. The van der Waals surface area contributed by atoms with Crippen molar-refractivity contribution in [3.63, 3.8) is 0 Å². The highest BCUT2D eigenvalue weighted by Gasteiger charge is 2.21. The molecule has 1 saturated carbocycles. The first-order chi connectivity index (χ1) is 17.0. The highest BCUT2D eigenvalue weighted by molar-refractivity contribution is 6.03. The smallest absolute Gasteiger partial charge is 0.339 e. The van der Waals surface area contributed by atoms with Crippen LogP contribution in [-0.2, 0) is 11.2 Å². The third-order valence-electron chi connectivity index (χ3n) is 6.68. The SMILES string of the molecule is C=C1CCCCC1.CCCCCCCCOC(=O)c1cccc(CCCCCCCC)c1C(=O)O. The molecule has 2 rings (SSSR count). The van der Waals surface area contributed by atoms with Crippen LogP contribution in [0, 0.1) is 0 Å². The number of hydrogen-bond donors (Lipinski definition) is 1. The van der Waals surface area contributed by atoms with Gasteiger partial charge >= 0.3 is 11.9 Å². The molecule has 0 saturated heterocycles. The normalized spacial score (nSPS) is 13.1. The number of aromatic carboxylic acids is 1. The molecule has 1 fully saturated rings. The number of carbonyl (C=O) groups is 2. The van der Waals surface area contributed by atoms with E-state index in [0.717, 1.165) is 37.7 Å². The molecule has 1 aromatic rings. The lowest BCUT2D eigenvalue weighted by molar-refractivity contribution is 0.0487. The molecule has 0 aromatic heterocycles. The van der Waals surface area contributed by atoms with Crippen molar-refractivity contribution in [2.45, 2.75) is 129 Å². The summed E-state index contributed by atoms with van der Waals surface area (Å²) in [5, 5.41) is 9.65. The Morgan fingerprint density at radius 2 is 1.40 bits per heavy atom. The second-order valence-electron chi connectivity index (χ2n) is 9.88. The van der Waals surface area contributed by atoms with E-state index >= 15 is 0 Å². The number of esters is 1. The van der Waals surface area contributed by atoms with Crippen molar-refractivity contribution in [1.29, 1.82) is 0 Å². The Morgan fingerprint density at radius 1 is 0.829 bits per heavy atom. The average Bonchev–Trinajstić information content (AvgIpc) is 2.86. The van der Waals surface area contributed by atoms with Crippen LogP contribution < -0.4 is 0 Å². The minimum Gasteiger partial charge on any atom is -0.478 e. The van der Waals surface area contributed by atoms with Crippen molar-refractivity contribution in [3.8, 4) is 0 Å². The van der Waals surface area contributed by atoms with E-state index in [2.05, 4.69) is 20.4 Å². The van der Waals surface area contributed by atoms with Gasteiger partial charge in [-0.15, -0.1) is 0 Å². The third kappa shape index (κ3) is 14.1. The van der Waals surface area contributed by atoms with Crippen LogP contribution in [0.5, 0.6) is 0 Å². The Bertz CT molecular complexity index is 729. The molecule has 4 nitrogen and oxygen atoms in total. The van der Waals surface area contributed by atoms with Gasteiger partial charge in [0.25, 0.3) is 0 Å². The highest BCUT2D eigenvalue weighted by Crippen LogP contribution is 2.21. The summed E-state index contributed by atoms with van der Waals surface area (Å²) in [5.74, 6) is -1.57. The van der Waals surface area contributed by atoms with Crippen molar-refractivity contribution in [1.82, 2.24) is 0 Å². The Kier molecular flexibility index (Phi) is 17.8. The lowest BCUT2D eigenvalue weighted by Crippen LogP contribution is -2.15. The summed E-state index contributed by atoms with van der Waals surface area (Å²) >= 11 is 0. The number of carboxylic acids is 1. The molecule has 1 aliphatic rings. The molecule has 0 heterocycles. The van der Waals surface area contributed by atoms with E-state index < -0.39 is 11.9 Å². The largest absolute Gasteiger partial charge is 0.478 e. The predicted molar refractivity (Wildman–Crippen MR) is 146 cm³/mol. The van der Waals surface area contributed by atoms with E-state index in [1.165, 1.54) is 82.6 Å². The van der Waals surface area contributed by atoms with Gasteiger partial charge in [0.05, 0.1) is 17.7 Å². The van der Waals surface area contributed by atoms with E-state index in [9.17, 15) is 14.7 Å². The standard InChI is InChI=1S/C24H38O4.C7H12/c1-3-5-7-9-11-13-16-20-17-15-18-21(22(20)23(25)26)24(27)28-19-14-12-10-8-6-4-2;1-7-5-3-2-4-6-7/h15,17-18H,3-14,16,19H2,1-2H3,(H,25,26);1-6H2. The van der Waals surface area contributed by atoms with Crippen LogP contribution in [0.15, 0.2) is 30.4 Å². The predicted octanol–water partition coefficient (Wildman–Crippen LogP) is 9.31. The zero-order valence-corrected chi connectivity index (χ0v) is 22.5. The molecule has 0 radical (unpaired) electrons. The van der Waals surface area contributed by atoms with Crippen LogP contribution in [-0.4, -0.2) is 23.7 Å². The number of benzene rings is 1. The number of carbonyl (C=O) groups excluding carboxylic acids is 1. The molecule has 0 atom stereocenters. The lowest BCUT2D eigenvalue weighted by atomic mass is 9.96. The maximum Gasteiger partial charge on any atom is 0.339 e. The van der Waals surface area contributed by atoms with Crippen LogP contribution in [0.25, 0.3) is 0 Å². The summed E-state index contributed by atoms with van der Waals surface area (Å²) in [5.41, 5.74) is 2.49. The Hall–Kier alpha value is -2.10. The maximum atomic E-state index is 12.4. The average molecular weight is 487 g/mol. The van der Waals surface area contributed by atoms with Crippen molar-refractivity contribution in [2.75, 3.05) is 6.61 Å². The maximum absolute atomic E-state index is 12.4. The summed E-state index contributed by atoms with van der Waals surface area (Å²) < 4.78 is 5.35. The molecule has 0 spiro atoms. The fourth-order valence-corrected chi connectivity index (χ4v) is 4.50. The van der Waals surface area contributed by atoms with Crippen LogP contribution in [0.2, 0.25) is 0 Å². The fourth-order valence-electron chi connectivity index (χ4n) is 4.50. The van der Waals surface area contributed by atoms with E-state index in [0.29, 0.717) is 13.0 Å². The number of carboxylic acid groups (broad SMARTS) is 1. The number of aryl methyl sites for hydroxylation is 1. The molecule has 35 heavy (non-hydrogen) atoms. The number of ether oxygens (including phenoxy) is 1. The molecule has 0 unspecified atom stereocenters. The molecule has 0 amide bonds. The molecular formula is C31H50O4. The van der Waals surface area contributed by atoms with Crippen LogP contribution >= 0.6 is 0 Å². The zero-order valence-electron chi connectivity index (χ0n) is 22.5. The second-order valence-corrected chi connectivity index (χ2v) is 9.88. The number of rotatable bonds is 16. The summed E-state index contributed by atoms with van der Waals surface area (Å²) in [6, 6.07) is 5.15. The topological polar surface area (TPSA) is 63.6 Å². The molecule has 198 valence electrons. The first-order valence-electron chi connectivity index (χ1n) is 14.2. The minimum absolute atomic E-state index is 0.115. The Balaban J connectivity index is 0.000000744. The summed E-state index contributed by atoms with van der Waals surface area (Å²) in [4.78, 5) is 24.2. The number of allylic oxidation sites excluding steroid dienone is 1. The van der Waals surface area contributed by atoms with E-state index in [1.807, 2.05) is 6.07 Å². The summed E-state index contributed by atoms with van der Waals surface area (Å²) in [6.45, 7) is 8.64. The molecule has 1 N–H and O–H groups in total. The lowest BCUT2D eigenvalue weighted by Gasteiger charge is -2.12. The van der Waals surface area contributed by atoms with Gasteiger partial charge in [0, 0.05) is 0 Å². The van der Waals surface area contributed by atoms with E-state index in [4.69, 9.17) is 4.74 Å². The molecule has 0 aliphatic heterocycles. The second kappa shape index (κ2) is 20.1. The quantitative estimate of drug-likeness (QED) is 0.144. The molecule has 1 aromatic carbocycles. The summed E-state index contributed by atoms with van der Waals surface area (Å²) in [7, 11) is 0. The fraction of sp³-hybridized carbons (Fsp3) is 0.677. The van der Waals surface area contributed by atoms with Crippen molar-refractivity contribution < 1.29 is 19.4 Å². The molecule has 0 bridgehead atoms. The molecular weight excluding hydrogens is 436 g/mol. The summed E-state index contributed by atoms with van der Waals surface area (Å²) in [6.07, 6.45) is 21.1. The van der Waals surface area contributed by atoms with Crippen molar-refractivity contribution >= 4 is 11.9 Å². The van der Waals surface area contributed by atoms with Gasteiger partial charge in [-0.3, -0.25) is 0 Å². The van der Waals surface area contributed by atoms with Crippen LogP contribution in [0.1, 0.15) is 149 Å². The first-order valence-corrected chi connectivity index (χ1v) is 14.2. The Labute approximate surface area is 214 Å². The van der Waals surface area contributed by atoms with E-state index in [-0.39, 0.29) is 11.1 Å². The minimum atomic E-state index is -1.05. The van der Waals surface area contributed by atoms with Gasteiger partial charge in [-0.1, -0.05) is 109 Å². The third-order valence-corrected chi connectivity index (χ3v) is 6.68. The van der Waals surface area contributed by atoms with Crippen LogP contribution in [0.3, 0.4) is 0 Å². The van der Waals surface area contributed by atoms with Crippen LogP contribution in [0.4, 0.5) is 0 Å². The zero-order chi connectivity index (χ0) is 25.7. The van der Waals surface area contributed by atoms with E-state index in [1.54, 1.807) is 12.1 Å². The van der Waals surface area contributed by atoms with Gasteiger partial charge < -0.3 is 9.84 Å². The van der Waals surface area contributed by atoms with Gasteiger partial charge in [0.15, 0.2) is 0 Å². The van der Waals surface area contributed by atoms with Gasteiger partial charge in [0.2, 0.25) is 0 Å². The number of unbranched alkanes of at least 4 members (excludes halogenated alkanes) is 10. The number of hydrogen-bond acceptors (Lipinski definition) is 3. The van der Waals surface area contributed by atoms with Crippen molar-refractivity contribution in [3.05, 3.63) is 47.0 Å². The first kappa shape index (κ1) is 30.9. The molecule has 4 heteroatoms. The van der Waals surface area contributed by atoms with Gasteiger partial charge in [-0.05, 0) is 56.6 Å². The van der Waals surface area contributed by atoms with Gasteiger partial charge in [-0.25, -0.2) is 9.59 Å².